The molecule has 1 aromatic carbocycles. The lowest BCUT2D eigenvalue weighted by Crippen LogP contribution is -2.36. The molecule has 1 aliphatic heterocycles. The molecule has 1 fully saturated rings. The molecule has 1 saturated heterocycles. The molecule has 0 unspecified atom stereocenters. The number of carbonyl (C=O) groups is 1. The predicted molar refractivity (Wildman–Crippen MR) is 123 cm³/mol. The van der Waals surface area contributed by atoms with E-state index in [1.807, 2.05) is 35.0 Å². The Bertz CT molecular complexity index is 1250. The van der Waals surface area contributed by atoms with Gasteiger partial charge in [0.2, 0.25) is 5.91 Å². The molecule has 162 valence electrons. The molecule has 0 radical (unpaired) electrons. The SMILES string of the molecule is CC(=O)Nc1cncc(-c2cn3ccnc3c(Nc3ccc(N4CCOCC4)cc3)n2)c1. The minimum Gasteiger partial charge on any atom is -0.378 e. The molecule has 0 saturated carbocycles. The minimum atomic E-state index is -0.148. The van der Waals surface area contributed by atoms with Gasteiger partial charge in [-0.05, 0) is 30.3 Å². The molecular formula is C23H23N7O2. The van der Waals surface area contributed by atoms with Gasteiger partial charge in [-0.1, -0.05) is 0 Å². The Hall–Kier alpha value is -3.98. The molecule has 32 heavy (non-hydrogen) atoms. The van der Waals surface area contributed by atoms with Gasteiger partial charge in [-0.2, -0.15) is 0 Å². The lowest BCUT2D eigenvalue weighted by Gasteiger charge is -2.28. The van der Waals surface area contributed by atoms with Crippen molar-refractivity contribution in [1.82, 2.24) is 19.4 Å². The van der Waals surface area contributed by atoms with Gasteiger partial charge in [0.1, 0.15) is 0 Å². The second kappa shape index (κ2) is 8.64. The summed E-state index contributed by atoms with van der Waals surface area (Å²) in [4.78, 5) is 27.2. The molecule has 4 heterocycles. The lowest BCUT2D eigenvalue weighted by molar-refractivity contribution is -0.114. The number of amides is 1. The largest absolute Gasteiger partial charge is 0.378 e. The number of aromatic nitrogens is 4. The molecule has 5 rings (SSSR count). The lowest BCUT2D eigenvalue weighted by atomic mass is 10.2. The van der Waals surface area contributed by atoms with E-state index in [1.54, 1.807) is 18.6 Å². The average molecular weight is 429 g/mol. The van der Waals surface area contributed by atoms with Crippen molar-refractivity contribution < 1.29 is 9.53 Å². The van der Waals surface area contributed by atoms with Gasteiger partial charge in [0.25, 0.3) is 0 Å². The molecule has 1 aliphatic rings. The quantitative estimate of drug-likeness (QED) is 0.502. The van der Waals surface area contributed by atoms with Crippen molar-refractivity contribution in [2.75, 3.05) is 41.8 Å². The van der Waals surface area contributed by atoms with Gasteiger partial charge in [-0.15, -0.1) is 0 Å². The first-order chi connectivity index (χ1) is 15.7. The highest BCUT2D eigenvalue weighted by Gasteiger charge is 2.13. The first-order valence-electron chi connectivity index (χ1n) is 10.4. The van der Waals surface area contributed by atoms with Crippen LogP contribution < -0.4 is 15.5 Å². The molecular weight excluding hydrogens is 406 g/mol. The van der Waals surface area contributed by atoms with Gasteiger partial charge in [0.15, 0.2) is 11.5 Å². The summed E-state index contributed by atoms with van der Waals surface area (Å²) in [5, 5.41) is 6.15. The number of pyridine rings is 1. The summed E-state index contributed by atoms with van der Waals surface area (Å²) in [7, 11) is 0. The summed E-state index contributed by atoms with van der Waals surface area (Å²) in [5.74, 6) is 0.487. The molecule has 9 heteroatoms. The third kappa shape index (κ3) is 4.23. The molecule has 4 aromatic rings. The molecule has 1 amide bonds. The van der Waals surface area contributed by atoms with E-state index in [-0.39, 0.29) is 5.91 Å². The molecule has 0 atom stereocenters. The fourth-order valence-electron chi connectivity index (χ4n) is 3.72. The van der Waals surface area contributed by atoms with Gasteiger partial charge in [-0.25, -0.2) is 9.97 Å². The van der Waals surface area contributed by atoms with E-state index in [2.05, 4.69) is 37.6 Å². The number of morpholine rings is 1. The molecule has 0 spiro atoms. The summed E-state index contributed by atoms with van der Waals surface area (Å²) >= 11 is 0. The van der Waals surface area contributed by atoms with Crippen LogP contribution in [0.4, 0.5) is 22.9 Å². The summed E-state index contributed by atoms with van der Waals surface area (Å²) < 4.78 is 7.35. The number of hydrogen-bond donors (Lipinski definition) is 2. The van der Waals surface area contributed by atoms with Crippen molar-refractivity contribution in [3.8, 4) is 11.3 Å². The van der Waals surface area contributed by atoms with Crippen LogP contribution in [0, 0.1) is 0 Å². The highest BCUT2D eigenvalue weighted by atomic mass is 16.5. The monoisotopic (exact) mass is 429 g/mol. The Morgan fingerprint density at radius 1 is 1.09 bits per heavy atom. The maximum Gasteiger partial charge on any atom is 0.221 e. The number of fused-ring (bicyclic) bond motifs is 1. The van der Waals surface area contributed by atoms with Crippen molar-refractivity contribution in [2.45, 2.75) is 6.92 Å². The van der Waals surface area contributed by atoms with Crippen LogP contribution in [-0.4, -0.2) is 51.6 Å². The van der Waals surface area contributed by atoms with Gasteiger partial charge in [0.05, 0.1) is 30.8 Å². The molecule has 0 aliphatic carbocycles. The second-order valence-electron chi connectivity index (χ2n) is 7.55. The third-order valence-corrected chi connectivity index (χ3v) is 5.23. The maximum absolute atomic E-state index is 11.4. The zero-order valence-corrected chi connectivity index (χ0v) is 17.7. The van der Waals surface area contributed by atoms with Crippen LogP contribution in [-0.2, 0) is 9.53 Å². The minimum absolute atomic E-state index is 0.148. The normalized spacial score (nSPS) is 13.8. The zero-order chi connectivity index (χ0) is 21.9. The van der Waals surface area contributed by atoms with E-state index in [4.69, 9.17) is 9.72 Å². The fraction of sp³-hybridized carbons (Fsp3) is 0.217. The first-order valence-corrected chi connectivity index (χ1v) is 10.4. The summed E-state index contributed by atoms with van der Waals surface area (Å²) in [5.41, 5.74) is 4.93. The first kappa shape index (κ1) is 20.0. The standard InChI is InChI=1S/C23H23N7O2/c1-16(31)26-19-12-17(13-24-14-19)21-15-30-7-6-25-23(30)22(28-21)27-18-2-4-20(5-3-18)29-8-10-32-11-9-29/h2-7,12-15H,8-11H2,1H3,(H,26,31)(H,27,28). The van der Waals surface area contributed by atoms with E-state index in [0.717, 1.165) is 43.2 Å². The van der Waals surface area contributed by atoms with Crippen molar-refractivity contribution in [2.24, 2.45) is 0 Å². The maximum atomic E-state index is 11.4. The summed E-state index contributed by atoms with van der Waals surface area (Å²) in [6.07, 6.45) is 8.83. The van der Waals surface area contributed by atoms with Gasteiger partial charge < -0.3 is 24.7 Å². The number of anilines is 4. The Labute approximate surface area is 185 Å². The highest BCUT2D eigenvalue weighted by molar-refractivity contribution is 5.89. The van der Waals surface area contributed by atoms with Crippen LogP contribution in [0.15, 0.2) is 61.3 Å². The van der Waals surface area contributed by atoms with Crippen LogP contribution in [0.25, 0.3) is 16.9 Å². The topological polar surface area (TPSA) is 96.7 Å². The van der Waals surface area contributed by atoms with Crippen LogP contribution >= 0.6 is 0 Å². The van der Waals surface area contributed by atoms with Crippen molar-refractivity contribution in [3.05, 3.63) is 61.3 Å². The summed E-state index contributed by atoms with van der Waals surface area (Å²) in [6.45, 7) is 4.78. The molecule has 2 N–H and O–H groups in total. The van der Waals surface area contributed by atoms with Crippen molar-refractivity contribution in [1.29, 1.82) is 0 Å². The smallest absolute Gasteiger partial charge is 0.221 e. The Kier molecular flexibility index (Phi) is 5.39. The van der Waals surface area contributed by atoms with E-state index < -0.39 is 0 Å². The van der Waals surface area contributed by atoms with E-state index in [9.17, 15) is 4.79 Å². The summed E-state index contributed by atoms with van der Waals surface area (Å²) in [6, 6.07) is 10.1. The predicted octanol–water partition coefficient (Wildman–Crippen LogP) is 3.33. The van der Waals surface area contributed by atoms with E-state index >= 15 is 0 Å². The Morgan fingerprint density at radius 3 is 2.69 bits per heavy atom. The molecule has 0 bridgehead atoms. The number of ether oxygens (including phenoxy) is 1. The van der Waals surface area contributed by atoms with Crippen LogP contribution in [0.1, 0.15) is 6.92 Å². The van der Waals surface area contributed by atoms with Crippen molar-refractivity contribution in [3.63, 3.8) is 0 Å². The van der Waals surface area contributed by atoms with E-state index in [0.29, 0.717) is 17.2 Å². The Morgan fingerprint density at radius 2 is 1.91 bits per heavy atom. The zero-order valence-electron chi connectivity index (χ0n) is 17.7. The fourth-order valence-corrected chi connectivity index (χ4v) is 3.72. The number of benzene rings is 1. The van der Waals surface area contributed by atoms with Crippen molar-refractivity contribution >= 4 is 34.4 Å². The van der Waals surface area contributed by atoms with E-state index in [1.165, 1.54) is 12.6 Å². The van der Waals surface area contributed by atoms with Gasteiger partial charge in [-0.3, -0.25) is 9.78 Å². The van der Waals surface area contributed by atoms with Gasteiger partial charge >= 0.3 is 0 Å². The molecule has 9 nitrogen and oxygen atoms in total. The highest BCUT2D eigenvalue weighted by Crippen LogP contribution is 2.27. The van der Waals surface area contributed by atoms with Gasteiger partial charge in [0, 0.05) is 61.7 Å². The number of carbonyl (C=O) groups excluding carboxylic acids is 1. The Balaban J connectivity index is 1.44. The number of rotatable bonds is 5. The van der Waals surface area contributed by atoms with Crippen LogP contribution in [0.5, 0.6) is 0 Å². The second-order valence-corrected chi connectivity index (χ2v) is 7.55. The number of hydrogen-bond acceptors (Lipinski definition) is 7. The third-order valence-electron chi connectivity index (χ3n) is 5.23. The number of nitrogens with zero attached hydrogens (tertiary/aromatic N) is 5. The van der Waals surface area contributed by atoms with Crippen LogP contribution in [0.2, 0.25) is 0 Å². The molecule has 3 aromatic heterocycles. The average Bonchev–Trinajstić information content (AvgIpc) is 3.29. The number of nitrogens with one attached hydrogen (secondary N) is 2. The van der Waals surface area contributed by atoms with Crippen LogP contribution in [0.3, 0.4) is 0 Å². The number of imidazole rings is 1.